The van der Waals surface area contributed by atoms with Crippen molar-refractivity contribution in [2.75, 3.05) is 19.8 Å². The fourth-order valence-corrected chi connectivity index (χ4v) is 1.53. The molecular formula is C9H15NO4. The van der Waals surface area contributed by atoms with Crippen LogP contribution < -0.4 is 5.32 Å². The number of hydrogen-bond donors (Lipinski definition) is 2. The Bertz CT molecular complexity index is 233. The summed E-state index contributed by atoms with van der Waals surface area (Å²) in [6.07, 6.45) is 1.29. The third kappa shape index (κ3) is 2.45. The molecule has 1 aliphatic heterocycles. The second-order valence-electron chi connectivity index (χ2n) is 3.65. The van der Waals surface area contributed by atoms with Crippen LogP contribution in [0.15, 0.2) is 0 Å². The van der Waals surface area contributed by atoms with Gasteiger partial charge in [0.05, 0.1) is 6.61 Å². The van der Waals surface area contributed by atoms with Gasteiger partial charge in [0.2, 0.25) is 5.91 Å². The number of ether oxygens (including phenoxy) is 1. The van der Waals surface area contributed by atoms with Gasteiger partial charge < -0.3 is 15.2 Å². The molecule has 80 valence electrons. The van der Waals surface area contributed by atoms with Gasteiger partial charge in [-0.05, 0) is 12.8 Å². The van der Waals surface area contributed by atoms with Gasteiger partial charge in [0, 0.05) is 20.1 Å². The van der Waals surface area contributed by atoms with E-state index in [9.17, 15) is 9.59 Å². The Morgan fingerprint density at radius 1 is 1.57 bits per heavy atom. The van der Waals surface area contributed by atoms with Gasteiger partial charge >= 0.3 is 5.97 Å². The van der Waals surface area contributed by atoms with Crippen LogP contribution >= 0.6 is 0 Å². The van der Waals surface area contributed by atoms with Crippen molar-refractivity contribution in [2.45, 2.75) is 19.8 Å². The minimum absolute atomic E-state index is 0.150. The fraction of sp³-hybridized carbons (Fsp3) is 0.778. The van der Waals surface area contributed by atoms with Crippen molar-refractivity contribution < 1.29 is 19.4 Å². The van der Waals surface area contributed by atoms with E-state index < -0.39 is 11.4 Å². The zero-order valence-electron chi connectivity index (χ0n) is 8.21. The smallest absolute Gasteiger partial charge is 0.313 e. The second kappa shape index (κ2) is 4.41. The molecule has 0 saturated carbocycles. The number of rotatable bonds is 3. The highest BCUT2D eigenvalue weighted by molar-refractivity contribution is 5.78. The summed E-state index contributed by atoms with van der Waals surface area (Å²) in [5.41, 5.74) is -0.927. The summed E-state index contributed by atoms with van der Waals surface area (Å²) in [7, 11) is 0. The van der Waals surface area contributed by atoms with Gasteiger partial charge in [0.1, 0.15) is 5.41 Å². The molecule has 0 aliphatic carbocycles. The number of carboxylic acids is 1. The highest BCUT2D eigenvalue weighted by Gasteiger charge is 2.40. The molecule has 0 bridgehead atoms. The standard InChI is InChI=1S/C9H15NO4/c1-7(11)10-5-9(8(12)13)3-2-4-14-6-9/h2-6H2,1H3,(H,10,11)(H,12,13). The molecule has 5 heteroatoms. The highest BCUT2D eigenvalue weighted by Crippen LogP contribution is 2.28. The first-order valence-corrected chi connectivity index (χ1v) is 4.62. The fourth-order valence-electron chi connectivity index (χ4n) is 1.53. The predicted octanol–water partition coefficient (Wildman–Crippen LogP) is 0.00390. The van der Waals surface area contributed by atoms with E-state index in [4.69, 9.17) is 9.84 Å². The van der Waals surface area contributed by atoms with E-state index in [-0.39, 0.29) is 19.1 Å². The van der Waals surface area contributed by atoms with Crippen molar-refractivity contribution in [3.8, 4) is 0 Å². The Labute approximate surface area is 82.4 Å². The van der Waals surface area contributed by atoms with Crippen molar-refractivity contribution in [1.82, 2.24) is 5.32 Å². The van der Waals surface area contributed by atoms with Gasteiger partial charge in [-0.25, -0.2) is 0 Å². The molecule has 5 nitrogen and oxygen atoms in total. The van der Waals surface area contributed by atoms with Crippen LogP contribution in [0.3, 0.4) is 0 Å². The number of carboxylic acid groups (broad SMARTS) is 1. The summed E-state index contributed by atoms with van der Waals surface area (Å²) in [6.45, 7) is 2.31. The van der Waals surface area contributed by atoms with Crippen LogP contribution in [0, 0.1) is 5.41 Å². The van der Waals surface area contributed by atoms with E-state index in [1.807, 2.05) is 0 Å². The maximum absolute atomic E-state index is 11.1. The van der Waals surface area contributed by atoms with E-state index in [2.05, 4.69) is 5.32 Å². The molecule has 0 aromatic rings. The highest BCUT2D eigenvalue weighted by atomic mass is 16.5. The van der Waals surface area contributed by atoms with Crippen LogP contribution in [0.4, 0.5) is 0 Å². The quantitative estimate of drug-likeness (QED) is 0.674. The van der Waals surface area contributed by atoms with E-state index in [1.165, 1.54) is 6.92 Å². The van der Waals surface area contributed by atoms with Gasteiger partial charge in [0.15, 0.2) is 0 Å². The Morgan fingerprint density at radius 3 is 2.71 bits per heavy atom. The molecule has 1 aliphatic rings. The monoisotopic (exact) mass is 201 g/mol. The lowest BCUT2D eigenvalue weighted by Gasteiger charge is -2.32. The van der Waals surface area contributed by atoms with Gasteiger partial charge in [-0.15, -0.1) is 0 Å². The number of carbonyl (C=O) groups excluding carboxylic acids is 1. The van der Waals surface area contributed by atoms with Crippen molar-refractivity contribution in [2.24, 2.45) is 5.41 Å². The van der Waals surface area contributed by atoms with Gasteiger partial charge in [0.25, 0.3) is 0 Å². The first-order valence-electron chi connectivity index (χ1n) is 4.62. The molecule has 1 fully saturated rings. The molecule has 2 N–H and O–H groups in total. The van der Waals surface area contributed by atoms with Crippen LogP contribution in [0.25, 0.3) is 0 Å². The summed E-state index contributed by atoms with van der Waals surface area (Å²) in [5, 5.41) is 11.6. The van der Waals surface area contributed by atoms with Crippen LogP contribution in [0.5, 0.6) is 0 Å². The van der Waals surface area contributed by atoms with E-state index in [0.29, 0.717) is 13.0 Å². The Kier molecular flexibility index (Phi) is 3.46. The summed E-state index contributed by atoms with van der Waals surface area (Å²) < 4.78 is 5.15. The third-order valence-electron chi connectivity index (χ3n) is 2.45. The first kappa shape index (κ1) is 11.0. The van der Waals surface area contributed by atoms with Crippen molar-refractivity contribution in [3.63, 3.8) is 0 Å². The minimum atomic E-state index is -0.927. The summed E-state index contributed by atoms with van der Waals surface area (Å²) in [6, 6.07) is 0. The molecule has 1 atom stereocenters. The van der Waals surface area contributed by atoms with Crippen molar-refractivity contribution in [1.29, 1.82) is 0 Å². The number of carbonyl (C=O) groups is 2. The first-order chi connectivity index (χ1) is 6.57. The molecule has 1 saturated heterocycles. The molecular weight excluding hydrogens is 186 g/mol. The van der Waals surface area contributed by atoms with Crippen LogP contribution in [0.1, 0.15) is 19.8 Å². The minimum Gasteiger partial charge on any atom is -0.481 e. The van der Waals surface area contributed by atoms with Crippen LogP contribution in [-0.2, 0) is 14.3 Å². The van der Waals surface area contributed by atoms with Crippen LogP contribution in [0.2, 0.25) is 0 Å². The molecule has 0 aromatic carbocycles. The van der Waals surface area contributed by atoms with Crippen molar-refractivity contribution in [3.05, 3.63) is 0 Å². The van der Waals surface area contributed by atoms with Gasteiger partial charge in [-0.1, -0.05) is 0 Å². The normalized spacial score (nSPS) is 26.9. The van der Waals surface area contributed by atoms with E-state index in [0.717, 1.165) is 6.42 Å². The lowest BCUT2D eigenvalue weighted by atomic mass is 9.82. The second-order valence-corrected chi connectivity index (χ2v) is 3.65. The Balaban J connectivity index is 2.60. The zero-order chi connectivity index (χ0) is 10.6. The van der Waals surface area contributed by atoms with E-state index >= 15 is 0 Å². The molecule has 0 spiro atoms. The molecule has 0 aromatic heterocycles. The number of amides is 1. The maximum Gasteiger partial charge on any atom is 0.313 e. The number of aliphatic carboxylic acids is 1. The molecule has 1 heterocycles. The molecule has 1 rings (SSSR count). The van der Waals surface area contributed by atoms with Crippen LogP contribution in [-0.4, -0.2) is 36.7 Å². The van der Waals surface area contributed by atoms with E-state index in [1.54, 1.807) is 0 Å². The largest absolute Gasteiger partial charge is 0.481 e. The lowest BCUT2D eigenvalue weighted by molar-refractivity contribution is -0.157. The SMILES string of the molecule is CC(=O)NCC1(C(=O)O)CCCOC1. The zero-order valence-corrected chi connectivity index (χ0v) is 8.21. The summed E-state index contributed by atoms with van der Waals surface area (Å²) in [5.74, 6) is -1.11. The maximum atomic E-state index is 11.1. The lowest BCUT2D eigenvalue weighted by Crippen LogP contribution is -2.47. The summed E-state index contributed by atoms with van der Waals surface area (Å²) >= 11 is 0. The molecule has 1 amide bonds. The average molecular weight is 201 g/mol. The number of nitrogens with one attached hydrogen (secondary N) is 1. The molecule has 0 radical (unpaired) electrons. The van der Waals surface area contributed by atoms with Gasteiger partial charge in [-0.2, -0.15) is 0 Å². The van der Waals surface area contributed by atoms with Crippen molar-refractivity contribution >= 4 is 11.9 Å². The Morgan fingerprint density at radius 2 is 2.29 bits per heavy atom. The predicted molar refractivity (Wildman–Crippen MR) is 48.8 cm³/mol. The molecule has 14 heavy (non-hydrogen) atoms. The Hall–Kier alpha value is -1.10. The topological polar surface area (TPSA) is 75.6 Å². The third-order valence-corrected chi connectivity index (χ3v) is 2.45. The molecule has 1 unspecified atom stereocenters. The average Bonchev–Trinajstić information content (AvgIpc) is 2.16. The number of hydrogen-bond acceptors (Lipinski definition) is 3. The summed E-state index contributed by atoms with van der Waals surface area (Å²) in [4.78, 5) is 21.8. The van der Waals surface area contributed by atoms with Gasteiger partial charge in [-0.3, -0.25) is 9.59 Å².